The second-order valence-corrected chi connectivity index (χ2v) is 9.89. The highest BCUT2D eigenvalue weighted by molar-refractivity contribution is 7.72. The van der Waals surface area contributed by atoms with Gasteiger partial charge in [0.25, 0.3) is 0 Å². The lowest BCUT2D eigenvalue weighted by molar-refractivity contribution is -0.143. The number of benzene rings is 3. The van der Waals surface area contributed by atoms with Crippen molar-refractivity contribution in [3.8, 4) is 11.5 Å². The number of ketones is 1. The molecule has 0 heterocycles. The molecule has 0 bridgehead atoms. The smallest absolute Gasteiger partial charge is 0.417 e. The van der Waals surface area contributed by atoms with E-state index in [0.29, 0.717) is 6.07 Å². The Morgan fingerprint density at radius 3 is 1.58 bits per heavy atom. The van der Waals surface area contributed by atoms with E-state index < -0.39 is 80.6 Å². The molecule has 1 atom stereocenters. The van der Waals surface area contributed by atoms with E-state index in [9.17, 15) is 40.5 Å². The first-order valence-electron chi connectivity index (χ1n) is 10.3. The van der Waals surface area contributed by atoms with Gasteiger partial charge in [0.05, 0.1) is 41.0 Å². The maximum Gasteiger partial charge on any atom is 0.417 e. The molecule has 3 aromatic carbocycles. The van der Waals surface area contributed by atoms with Gasteiger partial charge < -0.3 is 14.0 Å². The summed E-state index contributed by atoms with van der Waals surface area (Å²) in [6.07, 6.45) is -10.8. The third kappa shape index (κ3) is 5.41. The van der Waals surface area contributed by atoms with E-state index >= 15 is 0 Å². The van der Waals surface area contributed by atoms with Gasteiger partial charge in [-0.05, 0) is 12.1 Å². The maximum atomic E-state index is 13.6. The summed E-state index contributed by atoms with van der Waals surface area (Å²) in [6.45, 7) is 0. The van der Waals surface area contributed by atoms with Crippen LogP contribution in [0.25, 0.3) is 0 Å². The fraction of sp³-hybridized carbons (Fsp3) is 0.167. The van der Waals surface area contributed by atoms with Crippen LogP contribution >= 0.6 is 31.0 Å². The van der Waals surface area contributed by atoms with Crippen LogP contribution in [0.15, 0.2) is 48.5 Å². The summed E-state index contributed by atoms with van der Waals surface area (Å²) >= 11 is 12.6. The Balaban J connectivity index is 2.32. The van der Waals surface area contributed by atoms with Crippen molar-refractivity contribution in [2.45, 2.75) is 12.4 Å². The highest BCUT2D eigenvalue weighted by Crippen LogP contribution is 2.48. The zero-order valence-electron chi connectivity index (χ0n) is 19.2. The van der Waals surface area contributed by atoms with Crippen LogP contribution in [-0.4, -0.2) is 25.5 Å². The molecule has 38 heavy (non-hydrogen) atoms. The van der Waals surface area contributed by atoms with Crippen LogP contribution in [0.4, 0.5) is 26.3 Å². The first kappa shape index (κ1) is 29.5. The molecule has 5 nitrogen and oxygen atoms in total. The molecule has 0 aromatic heterocycles. The van der Waals surface area contributed by atoms with Gasteiger partial charge in [0.1, 0.15) is 5.30 Å². The monoisotopic (exact) mass is 598 g/mol. The Morgan fingerprint density at radius 1 is 0.737 bits per heavy atom. The van der Waals surface area contributed by atoms with Crippen molar-refractivity contribution in [3.63, 3.8) is 0 Å². The minimum atomic E-state index is -5.40. The van der Waals surface area contributed by atoms with Crippen LogP contribution in [0.5, 0.6) is 11.5 Å². The quantitative estimate of drug-likeness (QED) is 0.162. The second kappa shape index (κ2) is 11.0. The number of methoxy groups -OCH3 is 2. The normalized spacial score (nSPS) is 12.7. The van der Waals surface area contributed by atoms with E-state index in [1.807, 2.05) is 0 Å². The third-order valence-electron chi connectivity index (χ3n) is 5.30. The summed E-state index contributed by atoms with van der Waals surface area (Å²) in [5.74, 6) is -2.03. The molecular weight excluding hydrogens is 584 g/mol. The predicted molar refractivity (Wildman–Crippen MR) is 129 cm³/mol. The molecule has 0 aliphatic rings. The van der Waals surface area contributed by atoms with Gasteiger partial charge in [-0.15, -0.1) is 0 Å². The summed E-state index contributed by atoms with van der Waals surface area (Å²) < 4.78 is 105. The lowest BCUT2D eigenvalue weighted by Gasteiger charge is -2.21. The molecule has 0 saturated heterocycles. The number of carbonyl (C=O) groups is 2. The van der Waals surface area contributed by atoms with E-state index in [2.05, 4.69) is 0 Å². The van der Waals surface area contributed by atoms with Gasteiger partial charge in [-0.2, -0.15) is 26.3 Å². The summed E-state index contributed by atoms with van der Waals surface area (Å²) in [7, 11) is -2.37. The number of rotatable bonds is 7. The number of hydrogen-bond donors (Lipinski definition) is 0. The van der Waals surface area contributed by atoms with Crippen molar-refractivity contribution in [1.29, 1.82) is 0 Å². The molecule has 0 amide bonds. The van der Waals surface area contributed by atoms with E-state index in [1.165, 1.54) is 24.3 Å². The van der Waals surface area contributed by atoms with Crippen molar-refractivity contribution in [3.05, 3.63) is 86.4 Å². The highest BCUT2D eigenvalue weighted by Gasteiger charge is 2.45. The summed E-state index contributed by atoms with van der Waals surface area (Å²) in [6, 6.07) is 8.51. The van der Waals surface area contributed by atoms with Gasteiger partial charge in [0.2, 0.25) is 5.52 Å². The first-order chi connectivity index (χ1) is 17.7. The van der Waals surface area contributed by atoms with Crippen LogP contribution in [0.3, 0.4) is 0 Å². The first-order valence-corrected chi connectivity index (χ1v) is 12.4. The fourth-order valence-electron chi connectivity index (χ4n) is 3.67. The molecule has 3 rings (SSSR count). The molecule has 0 N–H and O–H groups in total. The predicted octanol–water partition coefficient (Wildman–Crippen LogP) is 7.30. The zero-order chi connectivity index (χ0) is 28.6. The van der Waals surface area contributed by atoms with Crippen molar-refractivity contribution in [2.75, 3.05) is 14.2 Å². The average molecular weight is 599 g/mol. The fourth-order valence-corrected chi connectivity index (χ4v) is 6.17. The maximum absolute atomic E-state index is 13.6. The van der Waals surface area contributed by atoms with E-state index in [1.54, 1.807) is 6.07 Å². The molecule has 3 aromatic rings. The van der Waals surface area contributed by atoms with Crippen LogP contribution in [0.1, 0.15) is 37.4 Å². The van der Waals surface area contributed by atoms with E-state index in [4.69, 9.17) is 32.7 Å². The summed E-state index contributed by atoms with van der Waals surface area (Å²) in [5, 5.41) is -1.93. The van der Waals surface area contributed by atoms with Crippen molar-refractivity contribution < 1.29 is 50.0 Å². The molecule has 202 valence electrons. The van der Waals surface area contributed by atoms with Crippen molar-refractivity contribution >= 4 is 47.6 Å². The number of alkyl halides is 6. The molecule has 0 spiro atoms. The molecule has 14 heteroatoms. The SMILES string of the molecule is COc1c(Cl)c(C(=O)c2ccccc2)c(Cl)c(OC)c1[PH](=O)C(=O)c1c(C(F)(F)F)cccc1C(F)(F)F. The van der Waals surface area contributed by atoms with Crippen molar-refractivity contribution in [2.24, 2.45) is 0 Å². The molecule has 0 saturated carbocycles. The number of ether oxygens (including phenoxy) is 2. The number of hydrogen-bond acceptors (Lipinski definition) is 5. The molecular formula is C24H15Cl2F6O5P. The highest BCUT2D eigenvalue weighted by atomic mass is 35.5. The molecule has 0 radical (unpaired) electrons. The topological polar surface area (TPSA) is 69.7 Å². The minimum absolute atomic E-state index is 0.103. The average Bonchev–Trinajstić information content (AvgIpc) is 2.86. The Kier molecular flexibility index (Phi) is 8.55. The van der Waals surface area contributed by atoms with Gasteiger partial charge in [0.15, 0.2) is 25.1 Å². The summed E-state index contributed by atoms with van der Waals surface area (Å²) in [4.78, 5) is 26.3. The lowest BCUT2D eigenvalue weighted by Crippen LogP contribution is -2.21. The molecule has 0 aliphatic heterocycles. The molecule has 0 aliphatic carbocycles. The third-order valence-corrected chi connectivity index (χ3v) is 7.59. The lowest BCUT2D eigenvalue weighted by atomic mass is 10.0. The van der Waals surface area contributed by atoms with Gasteiger partial charge >= 0.3 is 12.4 Å². The number of carbonyl (C=O) groups excluding carboxylic acids is 2. The second-order valence-electron chi connectivity index (χ2n) is 7.52. The Bertz CT molecular complexity index is 1380. The van der Waals surface area contributed by atoms with Crippen LogP contribution in [0, 0.1) is 0 Å². The summed E-state index contributed by atoms with van der Waals surface area (Å²) in [5.41, 5.74) is -8.04. The van der Waals surface area contributed by atoms with E-state index in [-0.39, 0.29) is 17.7 Å². The van der Waals surface area contributed by atoms with Gasteiger partial charge in [-0.25, -0.2) is 0 Å². The number of halogens is 8. The van der Waals surface area contributed by atoms with Crippen LogP contribution in [-0.2, 0) is 16.9 Å². The van der Waals surface area contributed by atoms with Crippen molar-refractivity contribution in [1.82, 2.24) is 0 Å². The largest absolute Gasteiger partial charge is 0.494 e. The standard InChI is InChI=1S/C24H15Cl2F6O5P/c1-36-19-16(25)15(18(33)11-7-4-3-5-8-11)17(26)20(37-2)21(19)38(35)22(34)14-12(23(27,28)29)9-6-10-13(14)24(30,31)32/h3-10,38H,1-2H3. The van der Waals surface area contributed by atoms with Crippen LogP contribution < -0.4 is 14.8 Å². The Labute approximate surface area is 222 Å². The minimum Gasteiger partial charge on any atom is -0.494 e. The Hall–Kier alpha value is -3.01. The molecule has 1 unspecified atom stereocenters. The Morgan fingerprint density at radius 2 is 1.18 bits per heavy atom. The van der Waals surface area contributed by atoms with Gasteiger partial charge in [-0.1, -0.05) is 59.6 Å². The zero-order valence-corrected chi connectivity index (χ0v) is 21.7. The van der Waals surface area contributed by atoms with Crippen LogP contribution in [0.2, 0.25) is 10.0 Å². The van der Waals surface area contributed by atoms with Gasteiger partial charge in [-0.3, -0.25) is 9.59 Å². The van der Waals surface area contributed by atoms with Gasteiger partial charge in [0, 0.05) is 11.1 Å². The van der Waals surface area contributed by atoms with E-state index in [0.717, 1.165) is 14.2 Å². The molecule has 0 fully saturated rings.